The van der Waals surface area contributed by atoms with Crippen LogP contribution in [0.2, 0.25) is 0 Å². The SMILES string of the molecule is COC(=O)c1cc(-c2ncc(F)cc2OC(C)c2cc(F)cc(S(C)(=O)=O)c2)c(C)s1. The van der Waals surface area contributed by atoms with E-state index in [2.05, 4.69) is 4.98 Å². The first-order valence-corrected chi connectivity index (χ1v) is 11.7. The van der Waals surface area contributed by atoms with Crippen molar-refractivity contribution in [2.24, 2.45) is 0 Å². The zero-order valence-corrected chi connectivity index (χ0v) is 18.7. The van der Waals surface area contributed by atoms with Crippen LogP contribution < -0.4 is 4.74 Å². The number of carbonyl (C=O) groups is 1. The number of esters is 1. The lowest BCUT2D eigenvalue weighted by Crippen LogP contribution is -2.08. The Morgan fingerprint density at radius 1 is 1.13 bits per heavy atom. The average Bonchev–Trinajstić information content (AvgIpc) is 3.08. The van der Waals surface area contributed by atoms with E-state index in [4.69, 9.17) is 9.47 Å². The molecule has 164 valence electrons. The molecule has 31 heavy (non-hydrogen) atoms. The molecule has 1 atom stereocenters. The lowest BCUT2D eigenvalue weighted by molar-refractivity contribution is 0.0606. The third kappa shape index (κ3) is 5.08. The van der Waals surface area contributed by atoms with Crippen molar-refractivity contribution in [1.29, 1.82) is 0 Å². The predicted molar refractivity (Wildman–Crippen MR) is 112 cm³/mol. The maximum absolute atomic E-state index is 14.0. The Balaban J connectivity index is 2.02. The molecule has 2 heterocycles. The predicted octanol–water partition coefficient (Wildman–Crippen LogP) is 4.73. The number of pyridine rings is 1. The highest BCUT2D eigenvalue weighted by Gasteiger charge is 2.21. The van der Waals surface area contributed by atoms with Gasteiger partial charge in [0, 0.05) is 22.8 Å². The van der Waals surface area contributed by atoms with E-state index in [0.717, 1.165) is 35.5 Å². The van der Waals surface area contributed by atoms with Crippen molar-refractivity contribution in [1.82, 2.24) is 4.98 Å². The standard InChI is InChI=1S/C21H19F2NO5S2/c1-11(13-5-14(22)7-16(6-13)31(4,26)27)29-18-8-15(23)10-24-20(18)17-9-19(21(25)28-3)30-12(17)2/h5-11H,1-4H3. The van der Waals surface area contributed by atoms with E-state index in [1.54, 1.807) is 19.9 Å². The number of carbonyl (C=O) groups excluding carboxylic acids is 1. The number of benzene rings is 1. The molecule has 3 aromatic rings. The van der Waals surface area contributed by atoms with Crippen LogP contribution in [0.3, 0.4) is 0 Å². The smallest absolute Gasteiger partial charge is 0.348 e. The number of aryl methyl sites for hydroxylation is 1. The monoisotopic (exact) mass is 467 g/mol. The van der Waals surface area contributed by atoms with Crippen LogP contribution in [-0.4, -0.2) is 32.7 Å². The van der Waals surface area contributed by atoms with E-state index in [9.17, 15) is 22.0 Å². The van der Waals surface area contributed by atoms with Crippen molar-refractivity contribution in [3.63, 3.8) is 0 Å². The number of rotatable bonds is 6. The van der Waals surface area contributed by atoms with Crippen molar-refractivity contribution >= 4 is 27.1 Å². The summed E-state index contributed by atoms with van der Waals surface area (Å²) in [5.41, 5.74) is 1.11. The maximum atomic E-state index is 14.0. The summed E-state index contributed by atoms with van der Waals surface area (Å²) in [5, 5.41) is 0. The lowest BCUT2D eigenvalue weighted by atomic mass is 10.1. The zero-order valence-electron chi connectivity index (χ0n) is 17.1. The fourth-order valence-electron chi connectivity index (χ4n) is 2.92. The molecule has 0 bridgehead atoms. The summed E-state index contributed by atoms with van der Waals surface area (Å²) < 4.78 is 62.2. The van der Waals surface area contributed by atoms with E-state index in [1.165, 1.54) is 24.5 Å². The van der Waals surface area contributed by atoms with Crippen LogP contribution in [0, 0.1) is 18.6 Å². The molecule has 0 radical (unpaired) electrons. The molecule has 3 rings (SSSR count). The highest BCUT2D eigenvalue weighted by atomic mass is 32.2. The first kappa shape index (κ1) is 22.8. The van der Waals surface area contributed by atoms with Crippen molar-refractivity contribution in [3.8, 4) is 17.0 Å². The van der Waals surface area contributed by atoms with Crippen LogP contribution in [0.5, 0.6) is 5.75 Å². The minimum atomic E-state index is -3.64. The summed E-state index contributed by atoms with van der Waals surface area (Å²) in [6, 6.07) is 6.08. The summed E-state index contributed by atoms with van der Waals surface area (Å²) in [6.07, 6.45) is 1.17. The van der Waals surface area contributed by atoms with Gasteiger partial charge < -0.3 is 9.47 Å². The number of methoxy groups -OCH3 is 1. The number of sulfone groups is 1. The molecule has 1 unspecified atom stereocenters. The number of thiophene rings is 1. The molecular weight excluding hydrogens is 448 g/mol. The lowest BCUT2D eigenvalue weighted by Gasteiger charge is -2.18. The fourth-order valence-corrected chi connectivity index (χ4v) is 4.54. The van der Waals surface area contributed by atoms with Gasteiger partial charge in [0.25, 0.3) is 0 Å². The largest absolute Gasteiger partial charge is 0.484 e. The molecule has 0 saturated carbocycles. The highest BCUT2D eigenvalue weighted by molar-refractivity contribution is 7.90. The van der Waals surface area contributed by atoms with Crippen molar-refractivity contribution in [2.45, 2.75) is 24.8 Å². The molecule has 10 heteroatoms. The molecule has 1 aromatic carbocycles. The molecule has 0 aliphatic heterocycles. The average molecular weight is 468 g/mol. The summed E-state index contributed by atoms with van der Waals surface area (Å²) >= 11 is 1.20. The third-order valence-electron chi connectivity index (χ3n) is 4.47. The van der Waals surface area contributed by atoms with Gasteiger partial charge in [-0.2, -0.15) is 0 Å². The maximum Gasteiger partial charge on any atom is 0.348 e. The molecule has 0 amide bonds. The topological polar surface area (TPSA) is 82.6 Å². The van der Waals surface area contributed by atoms with Gasteiger partial charge in [-0.3, -0.25) is 0 Å². The first-order valence-electron chi connectivity index (χ1n) is 9.01. The van der Waals surface area contributed by atoms with E-state index in [1.807, 2.05) is 0 Å². The van der Waals surface area contributed by atoms with E-state index < -0.39 is 33.5 Å². The van der Waals surface area contributed by atoms with Crippen LogP contribution in [0.15, 0.2) is 41.4 Å². The highest BCUT2D eigenvalue weighted by Crippen LogP contribution is 2.37. The van der Waals surface area contributed by atoms with Gasteiger partial charge in [-0.15, -0.1) is 11.3 Å². The van der Waals surface area contributed by atoms with E-state index >= 15 is 0 Å². The number of ether oxygens (including phenoxy) is 2. The van der Waals surface area contributed by atoms with Gasteiger partial charge in [0.05, 0.1) is 18.2 Å². The van der Waals surface area contributed by atoms with E-state index in [0.29, 0.717) is 10.4 Å². The molecular formula is C21H19F2NO5S2. The minimum absolute atomic E-state index is 0.0648. The van der Waals surface area contributed by atoms with Gasteiger partial charge in [-0.25, -0.2) is 27.0 Å². The fraction of sp³-hybridized carbons (Fsp3) is 0.238. The quantitative estimate of drug-likeness (QED) is 0.488. The molecule has 2 aromatic heterocycles. The molecule has 0 fully saturated rings. The van der Waals surface area contributed by atoms with Crippen molar-refractivity contribution in [3.05, 3.63) is 63.5 Å². The number of aromatic nitrogens is 1. The van der Waals surface area contributed by atoms with Gasteiger partial charge in [-0.05, 0) is 43.7 Å². The number of halogens is 2. The molecule has 0 saturated heterocycles. The van der Waals surface area contributed by atoms with Gasteiger partial charge in [-0.1, -0.05) is 0 Å². The zero-order chi connectivity index (χ0) is 22.9. The summed E-state index contributed by atoms with van der Waals surface area (Å²) in [4.78, 5) is 16.9. The summed E-state index contributed by atoms with van der Waals surface area (Å²) in [7, 11) is -2.36. The molecule has 0 aliphatic rings. The Bertz CT molecular complexity index is 1250. The van der Waals surface area contributed by atoms with Crippen molar-refractivity contribution in [2.75, 3.05) is 13.4 Å². The van der Waals surface area contributed by atoms with Crippen LogP contribution >= 0.6 is 11.3 Å². The second-order valence-corrected chi connectivity index (χ2v) is 10.1. The Kier molecular flexibility index (Phi) is 6.42. The Hall–Kier alpha value is -2.85. The Morgan fingerprint density at radius 3 is 2.48 bits per heavy atom. The van der Waals surface area contributed by atoms with E-state index in [-0.39, 0.29) is 21.9 Å². The number of hydrogen-bond acceptors (Lipinski definition) is 7. The summed E-state index contributed by atoms with van der Waals surface area (Å²) in [6.45, 7) is 3.35. The second kappa shape index (κ2) is 8.72. The normalized spacial score (nSPS) is 12.5. The molecule has 0 N–H and O–H groups in total. The van der Waals surface area contributed by atoms with Crippen LogP contribution in [0.1, 0.15) is 33.1 Å². The first-order chi connectivity index (χ1) is 14.5. The van der Waals surface area contributed by atoms with Gasteiger partial charge >= 0.3 is 5.97 Å². The van der Waals surface area contributed by atoms with Crippen LogP contribution in [0.25, 0.3) is 11.3 Å². The number of nitrogens with zero attached hydrogens (tertiary/aromatic N) is 1. The molecule has 0 spiro atoms. The van der Waals surface area contributed by atoms with Crippen LogP contribution in [0.4, 0.5) is 8.78 Å². The minimum Gasteiger partial charge on any atom is -0.484 e. The Morgan fingerprint density at radius 2 is 1.84 bits per heavy atom. The summed E-state index contributed by atoms with van der Waals surface area (Å²) in [5.74, 6) is -1.83. The Labute approximate surface area is 182 Å². The third-order valence-corrected chi connectivity index (χ3v) is 6.60. The number of hydrogen-bond donors (Lipinski definition) is 0. The molecule has 0 aliphatic carbocycles. The van der Waals surface area contributed by atoms with Crippen LogP contribution in [-0.2, 0) is 14.6 Å². The van der Waals surface area contributed by atoms with Crippen molar-refractivity contribution < 1.29 is 31.5 Å². The van der Waals surface area contributed by atoms with Gasteiger partial charge in [0.2, 0.25) is 0 Å². The van der Waals surface area contributed by atoms with Gasteiger partial charge in [0.1, 0.15) is 34.1 Å². The molecule has 6 nitrogen and oxygen atoms in total. The second-order valence-electron chi connectivity index (χ2n) is 6.82. The van der Waals surface area contributed by atoms with Gasteiger partial charge in [0.15, 0.2) is 9.84 Å².